The summed E-state index contributed by atoms with van der Waals surface area (Å²) < 4.78 is 0. The maximum Gasteiger partial charge on any atom is 0.0683 e. The van der Waals surface area contributed by atoms with Crippen LogP contribution >= 0.6 is 0 Å². The van der Waals surface area contributed by atoms with Crippen LogP contribution in [0, 0.1) is 0 Å². The van der Waals surface area contributed by atoms with Crippen molar-refractivity contribution in [3.63, 3.8) is 0 Å². The van der Waals surface area contributed by atoms with Gasteiger partial charge in [0.25, 0.3) is 0 Å². The minimum absolute atomic E-state index is 0.193. The molecule has 14 heavy (non-hydrogen) atoms. The van der Waals surface area contributed by atoms with Crippen LogP contribution in [0.1, 0.15) is 56.5 Å². The normalized spacial score (nSPS) is 11.6. The van der Waals surface area contributed by atoms with E-state index in [1.807, 2.05) is 0 Å². The molecule has 0 saturated heterocycles. The Morgan fingerprint density at radius 3 is 2.29 bits per heavy atom. The molecule has 1 aromatic rings. The topological polar surface area (TPSA) is 48.9 Å². The monoisotopic (exact) mass is 196 g/mol. The Kier molecular flexibility index (Phi) is 3.69. The molecule has 1 aromatic heterocycles. The van der Waals surface area contributed by atoms with E-state index in [4.69, 9.17) is 5.11 Å². The van der Waals surface area contributed by atoms with Crippen LogP contribution in [0.25, 0.3) is 0 Å². The average Bonchev–Trinajstić information content (AvgIpc) is 2.48. The molecule has 0 aliphatic rings. The first-order valence-electron chi connectivity index (χ1n) is 5.25. The maximum atomic E-state index is 9.01. The predicted molar refractivity (Wildman–Crippen MR) is 57.6 cm³/mol. The lowest BCUT2D eigenvalue weighted by Crippen LogP contribution is -2.01. The molecule has 2 N–H and O–H groups in total. The average molecular weight is 196 g/mol. The second-order valence-corrected chi connectivity index (χ2v) is 4.28. The molecule has 0 radical (unpaired) electrons. The summed E-state index contributed by atoms with van der Waals surface area (Å²) in [5.41, 5.74) is 3.48. The number of aliphatic hydroxyl groups is 1. The van der Waals surface area contributed by atoms with Crippen LogP contribution in [0.2, 0.25) is 0 Å². The minimum Gasteiger partial charge on any atom is -0.396 e. The van der Waals surface area contributed by atoms with Crippen LogP contribution < -0.4 is 0 Å². The quantitative estimate of drug-likeness (QED) is 0.775. The Hall–Kier alpha value is -0.830. The first-order chi connectivity index (χ1) is 6.57. The molecule has 0 unspecified atom stereocenters. The van der Waals surface area contributed by atoms with E-state index in [-0.39, 0.29) is 6.61 Å². The number of hydrogen-bond donors (Lipinski definition) is 2. The van der Waals surface area contributed by atoms with Crippen LogP contribution in [0.5, 0.6) is 0 Å². The summed E-state index contributed by atoms with van der Waals surface area (Å²) in [6.07, 6.45) is 0.706. The van der Waals surface area contributed by atoms with Crippen molar-refractivity contribution in [3.8, 4) is 0 Å². The van der Waals surface area contributed by atoms with Crippen molar-refractivity contribution >= 4 is 0 Å². The third kappa shape index (κ3) is 2.15. The van der Waals surface area contributed by atoms with Gasteiger partial charge in [0.05, 0.1) is 5.69 Å². The summed E-state index contributed by atoms with van der Waals surface area (Å²) >= 11 is 0. The first-order valence-corrected chi connectivity index (χ1v) is 5.25. The van der Waals surface area contributed by atoms with Crippen LogP contribution in [-0.2, 0) is 6.42 Å². The fourth-order valence-electron chi connectivity index (χ4n) is 1.72. The zero-order valence-corrected chi connectivity index (χ0v) is 9.46. The molecule has 1 heterocycles. The third-order valence-electron chi connectivity index (χ3n) is 2.42. The van der Waals surface area contributed by atoms with Gasteiger partial charge in [-0.25, -0.2) is 0 Å². The molecule has 0 aliphatic heterocycles. The van der Waals surface area contributed by atoms with Gasteiger partial charge in [-0.3, -0.25) is 5.10 Å². The number of rotatable bonds is 4. The summed E-state index contributed by atoms with van der Waals surface area (Å²) in [5.74, 6) is 0.858. The van der Waals surface area contributed by atoms with Crippen molar-refractivity contribution in [2.45, 2.75) is 46.0 Å². The largest absolute Gasteiger partial charge is 0.396 e. The summed E-state index contributed by atoms with van der Waals surface area (Å²) in [6.45, 7) is 8.72. The second-order valence-electron chi connectivity index (χ2n) is 4.28. The fraction of sp³-hybridized carbons (Fsp3) is 0.727. The number of hydrogen-bond acceptors (Lipinski definition) is 2. The van der Waals surface area contributed by atoms with Crippen LogP contribution in [0.4, 0.5) is 0 Å². The maximum absolute atomic E-state index is 9.01. The number of nitrogens with zero attached hydrogens (tertiary/aromatic N) is 1. The predicted octanol–water partition coefficient (Wildman–Crippen LogP) is 2.19. The number of aliphatic hydroxyl groups excluding tert-OH is 1. The van der Waals surface area contributed by atoms with Gasteiger partial charge in [-0.15, -0.1) is 0 Å². The molecule has 0 bridgehead atoms. The number of aromatic amines is 1. The molecule has 3 heteroatoms. The van der Waals surface area contributed by atoms with E-state index >= 15 is 0 Å². The molecular weight excluding hydrogens is 176 g/mol. The summed E-state index contributed by atoms with van der Waals surface area (Å²) in [6, 6.07) is 0. The molecule has 0 fully saturated rings. The van der Waals surface area contributed by atoms with E-state index in [1.165, 1.54) is 11.3 Å². The number of nitrogens with one attached hydrogen (secondary N) is 1. The molecule has 3 nitrogen and oxygen atoms in total. The summed E-state index contributed by atoms with van der Waals surface area (Å²) in [4.78, 5) is 0. The van der Waals surface area contributed by atoms with E-state index in [0.717, 1.165) is 5.69 Å². The van der Waals surface area contributed by atoms with Gasteiger partial charge in [0.1, 0.15) is 0 Å². The van der Waals surface area contributed by atoms with Crippen molar-refractivity contribution in [1.82, 2.24) is 10.2 Å². The highest BCUT2D eigenvalue weighted by atomic mass is 16.2. The van der Waals surface area contributed by atoms with E-state index in [0.29, 0.717) is 18.3 Å². The van der Waals surface area contributed by atoms with Crippen molar-refractivity contribution in [1.29, 1.82) is 0 Å². The van der Waals surface area contributed by atoms with Crippen molar-refractivity contribution in [2.24, 2.45) is 0 Å². The number of aromatic nitrogens is 2. The molecule has 0 aromatic carbocycles. The SMILES string of the molecule is CC(C)c1n[nH]c(C(C)C)c1CCO. The van der Waals surface area contributed by atoms with Gasteiger partial charge < -0.3 is 5.11 Å². The highest BCUT2D eigenvalue weighted by Crippen LogP contribution is 2.25. The summed E-state index contributed by atoms with van der Waals surface area (Å²) in [5, 5.41) is 16.4. The van der Waals surface area contributed by atoms with Crippen LogP contribution in [0.3, 0.4) is 0 Å². The molecular formula is C11H20N2O. The van der Waals surface area contributed by atoms with Crippen molar-refractivity contribution in [2.75, 3.05) is 6.61 Å². The van der Waals surface area contributed by atoms with Gasteiger partial charge in [0.15, 0.2) is 0 Å². The smallest absolute Gasteiger partial charge is 0.0683 e. The molecule has 0 atom stereocenters. The zero-order chi connectivity index (χ0) is 10.7. The third-order valence-corrected chi connectivity index (χ3v) is 2.42. The van der Waals surface area contributed by atoms with E-state index in [9.17, 15) is 0 Å². The van der Waals surface area contributed by atoms with Gasteiger partial charge in [0.2, 0.25) is 0 Å². The van der Waals surface area contributed by atoms with E-state index < -0.39 is 0 Å². The van der Waals surface area contributed by atoms with Gasteiger partial charge >= 0.3 is 0 Å². The van der Waals surface area contributed by atoms with E-state index in [2.05, 4.69) is 37.9 Å². The van der Waals surface area contributed by atoms with E-state index in [1.54, 1.807) is 0 Å². The molecule has 0 aliphatic carbocycles. The molecule has 80 valence electrons. The highest BCUT2D eigenvalue weighted by molar-refractivity contribution is 5.29. The van der Waals surface area contributed by atoms with Gasteiger partial charge in [-0.1, -0.05) is 27.7 Å². The molecule has 0 amide bonds. The van der Waals surface area contributed by atoms with Crippen LogP contribution in [0.15, 0.2) is 0 Å². The Bertz CT molecular complexity index is 264. The Labute approximate surface area is 85.5 Å². The molecule has 0 saturated carbocycles. The Morgan fingerprint density at radius 2 is 1.86 bits per heavy atom. The zero-order valence-electron chi connectivity index (χ0n) is 9.46. The van der Waals surface area contributed by atoms with Gasteiger partial charge in [-0.2, -0.15) is 5.10 Å². The van der Waals surface area contributed by atoms with Gasteiger partial charge in [-0.05, 0) is 23.8 Å². The lowest BCUT2D eigenvalue weighted by Gasteiger charge is -2.08. The van der Waals surface area contributed by atoms with Crippen LogP contribution in [-0.4, -0.2) is 21.9 Å². The van der Waals surface area contributed by atoms with Crippen molar-refractivity contribution in [3.05, 3.63) is 17.0 Å². The second kappa shape index (κ2) is 4.60. The Morgan fingerprint density at radius 1 is 1.21 bits per heavy atom. The minimum atomic E-state index is 0.193. The highest BCUT2D eigenvalue weighted by Gasteiger charge is 2.16. The fourth-order valence-corrected chi connectivity index (χ4v) is 1.72. The lowest BCUT2D eigenvalue weighted by atomic mass is 9.97. The Balaban J connectivity index is 3.06. The standard InChI is InChI=1S/C11H20N2O/c1-7(2)10-9(5-6-14)11(8(3)4)13-12-10/h7-8,14H,5-6H2,1-4H3,(H,12,13). The number of H-pyrrole nitrogens is 1. The van der Waals surface area contributed by atoms with Crippen molar-refractivity contribution < 1.29 is 5.11 Å². The molecule has 0 spiro atoms. The first kappa shape index (κ1) is 11.2. The summed E-state index contributed by atoms with van der Waals surface area (Å²) in [7, 11) is 0. The van der Waals surface area contributed by atoms with Gasteiger partial charge in [0, 0.05) is 12.3 Å². The lowest BCUT2D eigenvalue weighted by molar-refractivity contribution is 0.298. The molecule has 1 rings (SSSR count).